The van der Waals surface area contributed by atoms with Gasteiger partial charge in [-0.05, 0) is 85.4 Å². The molecule has 0 atom stereocenters. The van der Waals surface area contributed by atoms with Crippen molar-refractivity contribution in [3.05, 3.63) is 117 Å². The molecule has 2 aliphatic carbocycles. The first-order valence-electron chi connectivity index (χ1n) is 12.5. The van der Waals surface area contributed by atoms with E-state index in [-0.39, 0.29) is 45.2 Å². The fourth-order valence-electron chi connectivity index (χ4n) is 4.91. The average molecular weight is 536 g/mol. The van der Waals surface area contributed by atoms with Crippen LogP contribution in [0.25, 0.3) is 0 Å². The summed E-state index contributed by atoms with van der Waals surface area (Å²) in [6.07, 6.45) is 10.2. The quantitative estimate of drug-likeness (QED) is 0.435. The van der Waals surface area contributed by atoms with E-state index in [0.717, 1.165) is 22.5 Å². The van der Waals surface area contributed by atoms with E-state index >= 15 is 0 Å². The van der Waals surface area contributed by atoms with Gasteiger partial charge in [-0.1, -0.05) is 12.2 Å². The van der Waals surface area contributed by atoms with Crippen LogP contribution in [0.3, 0.4) is 0 Å². The predicted octanol–water partition coefficient (Wildman–Crippen LogP) is 3.68. The first-order valence-corrected chi connectivity index (χ1v) is 12.5. The van der Waals surface area contributed by atoms with Gasteiger partial charge in [-0.3, -0.25) is 9.59 Å². The maximum Gasteiger partial charge on any atom is 0.346 e. The third kappa shape index (κ3) is 4.55. The zero-order valence-corrected chi connectivity index (χ0v) is 20.9. The highest BCUT2D eigenvalue weighted by Crippen LogP contribution is 2.30. The van der Waals surface area contributed by atoms with E-state index in [0.29, 0.717) is 25.7 Å². The van der Waals surface area contributed by atoms with Gasteiger partial charge >= 0.3 is 23.9 Å². The van der Waals surface area contributed by atoms with E-state index in [9.17, 15) is 28.8 Å². The summed E-state index contributed by atoms with van der Waals surface area (Å²) in [7, 11) is 0. The first kappa shape index (κ1) is 24.9. The molecule has 0 aromatic heterocycles. The maximum atomic E-state index is 12.7. The number of fused-ring (bicyclic) bond motifs is 2. The third-order valence-corrected chi connectivity index (χ3v) is 7.07. The van der Waals surface area contributed by atoms with E-state index in [1.165, 1.54) is 36.4 Å². The van der Waals surface area contributed by atoms with Gasteiger partial charge in [0.15, 0.2) is 0 Å². The summed E-state index contributed by atoms with van der Waals surface area (Å²) in [5.41, 5.74) is 4.68. The summed E-state index contributed by atoms with van der Waals surface area (Å²) in [5.74, 6) is -3.72. The molecular weight excluding hydrogens is 516 g/mol. The molecule has 2 aromatic carbocycles. The molecule has 0 unspecified atom stereocenters. The van der Waals surface area contributed by atoms with Crippen molar-refractivity contribution >= 4 is 35.7 Å². The summed E-state index contributed by atoms with van der Waals surface area (Å²) in [6, 6.07) is 8.50. The Morgan fingerprint density at radius 1 is 0.525 bits per heavy atom. The minimum Gasteiger partial charge on any atom is -0.386 e. The number of esters is 4. The number of hydrogen-bond acceptors (Lipinski definition) is 8. The summed E-state index contributed by atoms with van der Waals surface area (Å²) < 4.78 is 9.14. The average Bonchev–Trinajstić information content (AvgIpc) is 3.41. The molecule has 2 aromatic rings. The SMILES string of the molecule is O=C(NC1=CC=C(C2=CC=C(NC(=O)c3ccc4c(c3)C(=O)OC4=O)CC2)CC1)c1ccc2c(c1)C(=O)OC2=O. The lowest BCUT2D eigenvalue weighted by Crippen LogP contribution is -2.24. The normalized spacial score (nSPS) is 17.5. The van der Waals surface area contributed by atoms with Crippen molar-refractivity contribution in [3.63, 3.8) is 0 Å². The van der Waals surface area contributed by atoms with Crippen LogP contribution in [0.1, 0.15) is 87.8 Å². The minimum absolute atomic E-state index is 0.0822. The van der Waals surface area contributed by atoms with Crippen LogP contribution in [0.2, 0.25) is 0 Å². The van der Waals surface area contributed by atoms with Crippen molar-refractivity contribution in [2.45, 2.75) is 25.7 Å². The van der Waals surface area contributed by atoms with Crippen molar-refractivity contribution in [1.29, 1.82) is 0 Å². The summed E-state index contributed by atoms with van der Waals surface area (Å²) in [4.78, 5) is 72.1. The second kappa shape index (κ2) is 9.73. The molecule has 10 heteroatoms. The number of rotatable bonds is 5. The molecule has 40 heavy (non-hydrogen) atoms. The molecule has 10 nitrogen and oxygen atoms in total. The van der Waals surface area contributed by atoms with E-state index in [1.54, 1.807) is 0 Å². The second-order valence-electron chi connectivity index (χ2n) is 9.55. The van der Waals surface area contributed by atoms with Crippen LogP contribution in [-0.2, 0) is 9.47 Å². The number of amides is 2. The van der Waals surface area contributed by atoms with Gasteiger partial charge < -0.3 is 20.1 Å². The molecule has 2 N–H and O–H groups in total. The number of carbonyl (C=O) groups excluding carboxylic acids is 6. The van der Waals surface area contributed by atoms with Gasteiger partial charge in [0.05, 0.1) is 22.3 Å². The Kier molecular flexibility index (Phi) is 6.07. The molecular formula is C30H20N2O8. The number of nitrogens with one attached hydrogen (secondary N) is 2. The van der Waals surface area contributed by atoms with E-state index in [2.05, 4.69) is 20.1 Å². The lowest BCUT2D eigenvalue weighted by atomic mass is 9.89. The molecule has 0 saturated carbocycles. The Hall–Kier alpha value is -5.38. The van der Waals surface area contributed by atoms with Crippen molar-refractivity contribution in [2.75, 3.05) is 0 Å². The second-order valence-corrected chi connectivity index (χ2v) is 9.55. The largest absolute Gasteiger partial charge is 0.386 e. The van der Waals surface area contributed by atoms with Crippen molar-refractivity contribution in [3.8, 4) is 0 Å². The van der Waals surface area contributed by atoms with Gasteiger partial charge in [-0.25, -0.2) is 19.2 Å². The Bertz CT molecular complexity index is 1580. The smallest absolute Gasteiger partial charge is 0.346 e. The van der Waals surface area contributed by atoms with Gasteiger partial charge in [0.1, 0.15) is 0 Å². The number of benzene rings is 2. The van der Waals surface area contributed by atoms with Crippen LogP contribution in [0, 0.1) is 0 Å². The van der Waals surface area contributed by atoms with Gasteiger partial charge in [-0.2, -0.15) is 0 Å². The first-order chi connectivity index (χ1) is 19.3. The lowest BCUT2D eigenvalue weighted by molar-refractivity contribution is 0.0425. The van der Waals surface area contributed by atoms with Gasteiger partial charge in [0.2, 0.25) is 0 Å². The lowest BCUT2D eigenvalue weighted by Gasteiger charge is -2.21. The molecule has 2 amide bonds. The van der Waals surface area contributed by atoms with Crippen molar-refractivity contribution < 1.29 is 38.2 Å². The van der Waals surface area contributed by atoms with Crippen LogP contribution in [0.15, 0.2) is 83.2 Å². The minimum atomic E-state index is -0.760. The zero-order valence-electron chi connectivity index (χ0n) is 20.9. The van der Waals surface area contributed by atoms with Gasteiger partial charge in [0, 0.05) is 22.5 Å². The number of cyclic esters (lactones) is 4. The summed E-state index contributed by atoms with van der Waals surface area (Å²) in [6.45, 7) is 0. The van der Waals surface area contributed by atoms with E-state index in [4.69, 9.17) is 0 Å². The summed E-state index contributed by atoms with van der Waals surface area (Å²) in [5, 5.41) is 5.71. The standard InChI is InChI=1S/C30H20N2O8/c33-25(17-5-11-21-23(13-17)29(37)39-27(21)35)31-19-7-1-15(2-8-19)16-3-9-20(10-4-16)32-26(34)18-6-12-22-24(14-18)30(38)40-28(22)36/h1,3,5-7,9,11-14H,2,4,8,10H2,(H,31,33)(H,32,34). The molecule has 2 heterocycles. The topological polar surface area (TPSA) is 145 Å². The molecule has 0 saturated heterocycles. The third-order valence-electron chi connectivity index (χ3n) is 7.07. The molecule has 0 spiro atoms. The maximum absolute atomic E-state index is 12.7. The highest BCUT2D eigenvalue weighted by atomic mass is 16.6. The fraction of sp³-hybridized carbons (Fsp3) is 0.133. The number of carbonyl (C=O) groups is 6. The van der Waals surface area contributed by atoms with Gasteiger partial charge in [0.25, 0.3) is 11.8 Å². The highest BCUT2D eigenvalue weighted by Gasteiger charge is 2.31. The van der Waals surface area contributed by atoms with Crippen molar-refractivity contribution in [2.24, 2.45) is 0 Å². The molecule has 0 radical (unpaired) electrons. The monoisotopic (exact) mass is 536 g/mol. The molecule has 0 bridgehead atoms. The van der Waals surface area contributed by atoms with Gasteiger partial charge in [-0.15, -0.1) is 0 Å². The van der Waals surface area contributed by atoms with Crippen LogP contribution in [0.4, 0.5) is 0 Å². The zero-order chi connectivity index (χ0) is 28.0. The summed E-state index contributed by atoms with van der Waals surface area (Å²) >= 11 is 0. The van der Waals surface area contributed by atoms with Crippen LogP contribution in [0.5, 0.6) is 0 Å². The van der Waals surface area contributed by atoms with Crippen molar-refractivity contribution in [1.82, 2.24) is 10.6 Å². The Balaban J connectivity index is 1.08. The van der Waals surface area contributed by atoms with E-state index in [1.807, 2.05) is 24.3 Å². The van der Waals surface area contributed by atoms with Crippen LogP contribution in [-0.4, -0.2) is 35.7 Å². The molecule has 2 aliphatic heterocycles. The molecule has 198 valence electrons. The number of hydrogen-bond donors (Lipinski definition) is 2. The highest BCUT2D eigenvalue weighted by molar-refractivity contribution is 6.16. The molecule has 0 fully saturated rings. The van der Waals surface area contributed by atoms with Crippen LogP contribution >= 0.6 is 0 Å². The molecule has 4 aliphatic rings. The number of allylic oxidation sites excluding steroid dienone is 8. The predicted molar refractivity (Wildman–Crippen MR) is 138 cm³/mol. The fourth-order valence-corrected chi connectivity index (χ4v) is 4.91. The number of ether oxygens (including phenoxy) is 2. The van der Waals surface area contributed by atoms with Crippen LogP contribution < -0.4 is 10.6 Å². The Labute approximate surface area is 227 Å². The molecule has 6 rings (SSSR count). The Morgan fingerprint density at radius 3 is 1.30 bits per heavy atom. The Morgan fingerprint density at radius 2 is 0.925 bits per heavy atom. The van der Waals surface area contributed by atoms with E-state index < -0.39 is 23.9 Å².